The molecular weight excluding hydrogens is 430 g/mol. The maximum atomic E-state index is 11.7. The Morgan fingerprint density at radius 2 is 2.12 bits per heavy atom. The Hall–Kier alpha value is -3.44. The standard InChI is InChI=1S/C22H29N5O6/c1-2-32-22(29)15-6-7-20(25-12-15)26-10-8-16(9-11-26)24-13-17(28)14-33-19-5-3-4-18(21(19)23)27(30)31/h3-7,12,16-17,24,28H,2,8-11,13-14,23H2,1H3/t17-/m0/s1. The Morgan fingerprint density at radius 1 is 1.36 bits per heavy atom. The molecule has 4 N–H and O–H groups in total. The Balaban J connectivity index is 1.40. The fourth-order valence-corrected chi connectivity index (χ4v) is 3.59. The van der Waals surface area contributed by atoms with E-state index in [0.29, 0.717) is 18.7 Å². The van der Waals surface area contributed by atoms with E-state index in [-0.39, 0.29) is 35.7 Å². The van der Waals surface area contributed by atoms with Crippen molar-refractivity contribution in [2.45, 2.75) is 31.9 Å². The third-order valence-electron chi connectivity index (χ3n) is 5.39. The number of aliphatic hydroxyl groups excluding tert-OH is 1. The minimum Gasteiger partial charge on any atom is -0.488 e. The molecule has 1 aromatic heterocycles. The van der Waals surface area contributed by atoms with E-state index in [1.54, 1.807) is 13.0 Å². The van der Waals surface area contributed by atoms with Gasteiger partial charge in [0.15, 0.2) is 5.69 Å². The average molecular weight is 460 g/mol. The summed E-state index contributed by atoms with van der Waals surface area (Å²) in [5.74, 6) is 0.609. The number of piperidine rings is 1. The van der Waals surface area contributed by atoms with Crippen LogP contribution < -0.4 is 20.7 Å². The lowest BCUT2D eigenvalue weighted by molar-refractivity contribution is -0.384. The largest absolute Gasteiger partial charge is 0.488 e. The van der Waals surface area contributed by atoms with E-state index >= 15 is 0 Å². The molecule has 0 spiro atoms. The van der Waals surface area contributed by atoms with Crippen molar-refractivity contribution in [1.29, 1.82) is 0 Å². The molecule has 0 unspecified atom stereocenters. The van der Waals surface area contributed by atoms with Crippen LogP contribution in [0.4, 0.5) is 17.2 Å². The highest BCUT2D eigenvalue weighted by molar-refractivity contribution is 5.89. The zero-order valence-corrected chi connectivity index (χ0v) is 18.5. The Bertz CT molecular complexity index is 947. The van der Waals surface area contributed by atoms with Gasteiger partial charge in [0, 0.05) is 37.9 Å². The first kappa shape index (κ1) is 24.2. The molecule has 1 aromatic carbocycles. The Labute approximate surface area is 191 Å². The van der Waals surface area contributed by atoms with Crippen molar-refractivity contribution >= 4 is 23.2 Å². The van der Waals surface area contributed by atoms with Gasteiger partial charge in [0.05, 0.1) is 17.1 Å². The lowest BCUT2D eigenvalue weighted by Gasteiger charge is -2.33. The van der Waals surface area contributed by atoms with Gasteiger partial charge in [0.1, 0.15) is 24.3 Å². The summed E-state index contributed by atoms with van der Waals surface area (Å²) >= 11 is 0. The number of esters is 1. The number of benzene rings is 1. The third kappa shape index (κ3) is 6.53. The van der Waals surface area contributed by atoms with Crippen LogP contribution in [-0.2, 0) is 4.74 Å². The smallest absolute Gasteiger partial charge is 0.339 e. The number of hydrogen-bond donors (Lipinski definition) is 3. The first-order valence-electron chi connectivity index (χ1n) is 10.8. The van der Waals surface area contributed by atoms with Crippen molar-refractivity contribution in [3.05, 3.63) is 52.2 Å². The van der Waals surface area contributed by atoms with Gasteiger partial charge in [0.25, 0.3) is 5.69 Å². The van der Waals surface area contributed by atoms with Gasteiger partial charge in [-0.2, -0.15) is 0 Å². The van der Waals surface area contributed by atoms with Gasteiger partial charge < -0.3 is 30.5 Å². The van der Waals surface area contributed by atoms with Crippen LogP contribution in [0.25, 0.3) is 0 Å². The highest BCUT2D eigenvalue weighted by Gasteiger charge is 2.21. The van der Waals surface area contributed by atoms with Crippen molar-refractivity contribution in [3.63, 3.8) is 0 Å². The molecule has 178 valence electrons. The number of carbonyl (C=O) groups excluding carboxylic acids is 1. The molecule has 1 saturated heterocycles. The van der Waals surface area contributed by atoms with E-state index in [1.807, 2.05) is 6.07 Å². The van der Waals surface area contributed by atoms with Crippen LogP contribution in [0.15, 0.2) is 36.5 Å². The third-order valence-corrected chi connectivity index (χ3v) is 5.39. The second kappa shape index (κ2) is 11.4. The highest BCUT2D eigenvalue weighted by atomic mass is 16.6. The molecule has 0 aliphatic carbocycles. The maximum absolute atomic E-state index is 11.7. The van der Waals surface area contributed by atoms with E-state index < -0.39 is 11.0 Å². The summed E-state index contributed by atoms with van der Waals surface area (Å²) < 4.78 is 10.5. The minimum absolute atomic E-state index is 0.0338. The second-order valence-electron chi connectivity index (χ2n) is 7.71. The van der Waals surface area contributed by atoms with Crippen molar-refractivity contribution in [2.24, 2.45) is 0 Å². The zero-order valence-electron chi connectivity index (χ0n) is 18.5. The van der Waals surface area contributed by atoms with Gasteiger partial charge >= 0.3 is 5.97 Å². The van der Waals surface area contributed by atoms with Crippen LogP contribution in [0.3, 0.4) is 0 Å². The molecular formula is C22H29N5O6. The fourth-order valence-electron chi connectivity index (χ4n) is 3.59. The number of nitro groups is 1. The van der Waals surface area contributed by atoms with Crippen LogP contribution in [0, 0.1) is 10.1 Å². The van der Waals surface area contributed by atoms with Gasteiger partial charge in [-0.15, -0.1) is 0 Å². The molecule has 3 rings (SSSR count). The predicted octanol–water partition coefficient (Wildman–Crippen LogP) is 1.75. The van der Waals surface area contributed by atoms with Gasteiger partial charge in [-0.05, 0) is 38.0 Å². The van der Waals surface area contributed by atoms with Crippen molar-refractivity contribution in [3.8, 4) is 5.75 Å². The molecule has 1 fully saturated rings. The number of rotatable bonds is 10. The molecule has 11 nitrogen and oxygen atoms in total. The molecule has 1 aliphatic heterocycles. The van der Waals surface area contributed by atoms with Crippen molar-refractivity contribution in [1.82, 2.24) is 10.3 Å². The molecule has 2 aromatic rings. The maximum Gasteiger partial charge on any atom is 0.339 e. The first-order valence-corrected chi connectivity index (χ1v) is 10.8. The number of nitro benzene ring substituents is 1. The summed E-state index contributed by atoms with van der Waals surface area (Å²) in [4.78, 5) is 28.7. The van der Waals surface area contributed by atoms with Gasteiger partial charge in [-0.1, -0.05) is 6.07 Å². The number of pyridine rings is 1. The summed E-state index contributed by atoms with van der Waals surface area (Å²) in [6, 6.07) is 8.09. The van der Waals surface area contributed by atoms with Crippen LogP contribution in [0.2, 0.25) is 0 Å². The SMILES string of the molecule is CCOC(=O)c1ccc(N2CCC(NC[C@H](O)COc3cccc([N+](=O)[O-])c3N)CC2)nc1. The number of aliphatic hydroxyl groups is 1. The monoisotopic (exact) mass is 459 g/mol. The molecule has 1 aliphatic rings. The number of hydrogen-bond acceptors (Lipinski definition) is 10. The molecule has 0 amide bonds. The number of para-hydroxylation sites is 1. The molecule has 33 heavy (non-hydrogen) atoms. The quantitative estimate of drug-likeness (QED) is 0.207. The summed E-state index contributed by atoms with van der Waals surface area (Å²) in [7, 11) is 0. The van der Waals surface area contributed by atoms with Crippen LogP contribution in [0.5, 0.6) is 5.75 Å². The molecule has 0 radical (unpaired) electrons. The highest BCUT2D eigenvalue weighted by Crippen LogP contribution is 2.30. The molecule has 2 heterocycles. The van der Waals surface area contributed by atoms with Crippen LogP contribution >= 0.6 is 0 Å². The number of nitrogens with two attached hydrogens (primary N) is 1. The number of nitrogen functional groups attached to an aromatic ring is 1. The number of ether oxygens (including phenoxy) is 2. The minimum atomic E-state index is -0.793. The normalized spacial score (nSPS) is 15.2. The Morgan fingerprint density at radius 3 is 2.76 bits per heavy atom. The molecule has 0 bridgehead atoms. The van der Waals surface area contributed by atoms with Gasteiger partial charge in [-0.25, -0.2) is 9.78 Å². The number of anilines is 2. The lowest BCUT2D eigenvalue weighted by Crippen LogP contribution is -2.45. The molecule has 1 atom stereocenters. The van der Waals surface area contributed by atoms with E-state index in [2.05, 4.69) is 15.2 Å². The van der Waals surface area contributed by atoms with Crippen LogP contribution in [-0.4, -0.2) is 66.0 Å². The summed E-state index contributed by atoms with van der Waals surface area (Å²) in [5.41, 5.74) is 5.91. The predicted molar refractivity (Wildman–Crippen MR) is 122 cm³/mol. The molecule has 0 saturated carbocycles. The van der Waals surface area contributed by atoms with Gasteiger partial charge in [0.2, 0.25) is 0 Å². The summed E-state index contributed by atoms with van der Waals surface area (Å²) in [6.07, 6.45) is 2.47. The second-order valence-corrected chi connectivity index (χ2v) is 7.71. The molecule has 11 heteroatoms. The van der Waals surface area contributed by atoms with E-state index in [1.165, 1.54) is 24.4 Å². The van der Waals surface area contributed by atoms with E-state index in [0.717, 1.165) is 31.7 Å². The fraction of sp³-hybridized carbons (Fsp3) is 0.455. The van der Waals surface area contributed by atoms with Crippen LogP contribution in [0.1, 0.15) is 30.1 Å². The van der Waals surface area contributed by atoms with E-state index in [9.17, 15) is 20.0 Å². The first-order chi connectivity index (χ1) is 15.9. The summed E-state index contributed by atoms with van der Waals surface area (Å²) in [5, 5.41) is 24.5. The van der Waals surface area contributed by atoms with Crippen molar-refractivity contribution < 1.29 is 24.3 Å². The summed E-state index contributed by atoms with van der Waals surface area (Å²) in [6.45, 7) is 3.96. The van der Waals surface area contributed by atoms with Crippen molar-refractivity contribution in [2.75, 3.05) is 43.5 Å². The number of nitrogens with zero attached hydrogens (tertiary/aromatic N) is 3. The average Bonchev–Trinajstić information content (AvgIpc) is 2.82. The number of aromatic nitrogens is 1. The van der Waals surface area contributed by atoms with Gasteiger partial charge in [-0.3, -0.25) is 10.1 Å². The lowest BCUT2D eigenvalue weighted by atomic mass is 10.0. The van der Waals surface area contributed by atoms with E-state index in [4.69, 9.17) is 15.2 Å². The Kier molecular flexibility index (Phi) is 8.39. The zero-order chi connectivity index (χ0) is 23.8. The topological polar surface area (TPSA) is 153 Å². The number of carbonyl (C=O) groups is 1. The number of nitrogens with one attached hydrogen (secondary N) is 1.